The second-order valence-corrected chi connectivity index (χ2v) is 12.2. The summed E-state index contributed by atoms with van der Waals surface area (Å²) in [5, 5.41) is 13.2. The molecular formula is C22H33N5O4S2. The van der Waals surface area contributed by atoms with E-state index in [1.807, 2.05) is 13.8 Å². The van der Waals surface area contributed by atoms with Crippen molar-refractivity contribution in [1.82, 2.24) is 13.5 Å². The predicted molar refractivity (Wildman–Crippen MR) is 127 cm³/mol. The van der Waals surface area contributed by atoms with E-state index in [4.69, 9.17) is 4.74 Å². The standard InChI is InChI=1S/C22H33N5O4S2/c1-16-14-27(15-17(2)31-16)33(29,30)26-11-9-25(10-12-26)8-7-21(28)24-22-19(13-23)18-5-3-4-6-20(18)32-22/h16-17H,3-12,14-15H2,1-2H3,(H,24,28). The summed E-state index contributed by atoms with van der Waals surface area (Å²) in [5.74, 6) is -0.101. The van der Waals surface area contributed by atoms with E-state index >= 15 is 0 Å². The van der Waals surface area contributed by atoms with Crippen molar-refractivity contribution < 1.29 is 17.9 Å². The van der Waals surface area contributed by atoms with E-state index < -0.39 is 10.2 Å². The van der Waals surface area contributed by atoms with E-state index in [2.05, 4.69) is 16.3 Å². The van der Waals surface area contributed by atoms with Crippen molar-refractivity contribution in [2.24, 2.45) is 0 Å². The Hall–Kier alpha value is -1.55. The van der Waals surface area contributed by atoms with Gasteiger partial charge in [-0.05, 0) is 45.1 Å². The minimum absolute atomic E-state index is 0.101. The number of nitrogens with zero attached hydrogens (tertiary/aromatic N) is 4. The molecule has 2 unspecified atom stereocenters. The summed E-state index contributed by atoms with van der Waals surface area (Å²) in [6, 6.07) is 2.28. The number of ether oxygens (including phenoxy) is 1. The zero-order chi connectivity index (χ0) is 23.6. The molecule has 1 N–H and O–H groups in total. The molecule has 2 saturated heterocycles. The number of hydrogen-bond donors (Lipinski definition) is 1. The van der Waals surface area contributed by atoms with Crippen molar-refractivity contribution in [1.29, 1.82) is 5.26 Å². The highest BCUT2D eigenvalue weighted by atomic mass is 32.2. The van der Waals surface area contributed by atoms with Gasteiger partial charge in [0.15, 0.2) is 0 Å². The Balaban J connectivity index is 1.26. The van der Waals surface area contributed by atoms with Gasteiger partial charge in [0.25, 0.3) is 10.2 Å². The third kappa shape index (κ3) is 5.58. The van der Waals surface area contributed by atoms with Gasteiger partial charge < -0.3 is 15.0 Å². The first-order valence-corrected chi connectivity index (χ1v) is 14.0. The number of aryl methyl sites for hydroxylation is 1. The molecule has 0 radical (unpaired) electrons. The Labute approximate surface area is 200 Å². The Kier molecular flexibility index (Phi) is 7.73. The first-order chi connectivity index (χ1) is 15.8. The summed E-state index contributed by atoms with van der Waals surface area (Å²) < 4.78 is 34.8. The molecular weight excluding hydrogens is 462 g/mol. The quantitative estimate of drug-likeness (QED) is 0.645. The maximum absolute atomic E-state index is 13.0. The van der Waals surface area contributed by atoms with Crippen molar-refractivity contribution in [3.63, 3.8) is 0 Å². The highest BCUT2D eigenvalue weighted by Crippen LogP contribution is 2.37. The molecule has 1 aromatic heterocycles. The van der Waals surface area contributed by atoms with Crippen LogP contribution < -0.4 is 5.32 Å². The van der Waals surface area contributed by atoms with Crippen LogP contribution in [0.2, 0.25) is 0 Å². The third-order valence-electron chi connectivity index (χ3n) is 6.56. The molecule has 0 aromatic carbocycles. The lowest BCUT2D eigenvalue weighted by Crippen LogP contribution is -2.57. The van der Waals surface area contributed by atoms with Crippen LogP contribution in [0.25, 0.3) is 0 Å². The fourth-order valence-electron chi connectivity index (χ4n) is 4.89. The van der Waals surface area contributed by atoms with Gasteiger partial charge in [-0.3, -0.25) is 4.79 Å². The number of nitriles is 1. The van der Waals surface area contributed by atoms with Crippen LogP contribution in [0, 0.1) is 11.3 Å². The van der Waals surface area contributed by atoms with Crippen molar-refractivity contribution in [3.05, 3.63) is 16.0 Å². The number of fused-ring (bicyclic) bond motifs is 1. The molecule has 0 spiro atoms. The summed E-state index contributed by atoms with van der Waals surface area (Å²) in [6.07, 6.45) is 4.23. The SMILES string of the molecule is CC1CN(S(=O)(=O)N2CCN(CCC(=O)Nc3sc4c(c3C#N)CCCC4)CC2)CC(C)O1. The highest BCUT2D eigenvalue weighted by Gasteiger charge is 2.36. The smallest absolute Gasteiger partial charge is 0.282 e. The van der Waals surface area contributed by atoms with Crippen LogP contribution in [0.3, 0.4) is 0 Å². The summed E-state index contributed by atoms with van der Waals surface area (Å²) >= 11 is 1.54. The first-order valence-electron chi connectivity index (χ1n) is 11.8. The number of rotatable bonds is 6. The summed E-state index contributed by atoms with van der Waals surface area (Å²) in [5.41, 5.74) is 1.75. The van der Waals surface area contributed by atoms with Crippen LogP contribution >= 0.6 is 11.3 Å². The minimum Gasteiger partial charge on any atom is -0.373 e. The summed E-state index contributed by atoms with van der Waals surface area (Å²) in [4.78, 5) is 15.9. The number of thiophene rings is 1. The van der Waals surface area contributed by atoms with Gasteiger partial charge in [-0.2, -0.15) is 22.3 Å². The number of nitrogens with one attached hydrogen (secondary N) is 1. The van der Waals surface area contributed by atoms with Gasteiger partial charge in [0.2, 0.25) is 5.91 Å². The number of morpholine rings is 1. The minimum atomic E-state index is -3.50. The van der Waals surface area contributed by atoms with Crippen molar-refractivity contribution >= 4 is 32.5 Å². The molecule has 0 bridgehead atoms. The van der Waals surface area contributed by atoms with Gasteiger partial charge in [-0.25, -0.2) is 0 Å². The molecule has 4 rings (SSSR count). The zero-order valence-corrected chi connectivity index (χ0v) is 21.0. The molecule has 1 aliphatic carbocycles. The van der Waals surface area contributed by atoms with Crippen LogP contribution in [-0.2, 0) is 32.6 Å². The normalized spacial score (nSPS) is 25.4. The lowest BCUT2D eigenvalue weighted by molar-refractivity contribution is -0.116. The van der Waals surface area contributed by atoms with Gasteiger partial charge in [0.05, 0.1) is 17.8 Å². The maximum atomic E-state index is 13.0. The lowest BCUT2D eigenvalue weighted by atomic mass is 9.96. The van der Waals surface area contributed by atoms with E-state index in [0.29, 0.717) is 62.8 Å². The average Bonchev–Trinajstić information content (AvgIpc) is 3.14. The van der Waals surface area contributed by atoms with Crippen LogP contribution in [0.4, 0.5) is 5.00 Å². The molecule has 3 heterocycles. The van der Waals surface area contributed by atoms with Crippen molar-refractivity contribution in [2.75, 3.05) is 51.1 Å². The molecule has 33 heavy (non-hydrogen) atoms. The molecule has 1 aromatic rings. The second kappa shape index (κ2) is 10.4. The van der Waals surface area contributed by atoms with Gasteiger partial charge in [-0.1, -0.05) is 0 Å². The molecule has 9 nitrogen and oxygen atoms in total. The topological polar surface area (TPSA) is 106 Å². The van der Waals surface area contributed by atoms with Crippen LogP contribution in [-0.4, -0.2) is 85.9 Å². The third-order valence-corrected chi connectivity index (χ3v) is 9.74. The molecule has 1 amide bonds. The Morgan fingerprint density at radius 1 is 1.12 bits per heavy atom. The highest BCUT2D eigenvalue weighted by molar-refractivity contribution is 7.86. The Morgan fingerprint density at radius 2 is 1.79 bits per heavy atom. The summed E-state index contributed by atoms with van der Waals surface area (Å²) in [6.45, 7) is 7.14. The van der Waals surface area contributed by atoms with Gasteiger partial charge in [-0.15, -0.1) is 11.3 Å². The van der Waals surface area contributed by atoms with Crippen LogP contribution in [0.15, 0.2) is 0 Å². The molecule has 0 saturated carbocycles. The number of anilines is 1. The van der Waals surface area contributed by atoms with Crippen molar-refractivity contribution in [2.45, 2.75) is 58.2 Å². The monoisotopic (exact) mass is 495 g/mol. The molecule has 2 fully saturated rings. The molecule has 2 aliphatic heterocycles. The van der Waals surface area contributed by atoms with E-state index in [0.717, 1.165) is 31.2 Å². The molecule has 11 heteroatoms. The molecule has 3 aliphatic rings. The van der Waals surface area contributed by atoms with E-state index in [9.17, 15) is 18.5 Å². The van der Waals surface area contributed by atoms with Gasteiger partial charge in [0.1, 0.15) is 11.1 Å². The van der Waals surface area contributed by atoms with Crippen LogP contribution in [0.5, 0.6) is 0 Å². The number of carbonyl (C=O) groups excluding carboxylic acids is 1. The average molecular weight is 496 g/mol. The van der Waals surface area contributed by atoms with Crippen molar-refractivity contribution in [3.8, 4) is 6.07 Å². The number of hydrogen-bond acceptors (Lipinski definition) is 7. The largest absolute Gasteiger partial charge is 0.373 e. The number of carbonyl (C=O) groups is 1. The first kappa shape index (κ1) is 24.6. The molecule has 182 valence electrons. The second-order valence-electron chi connectivity index (χ2n) is 9.15. The fraction of sp³-hybridized carbons (Fsp3) is 0.727. The predicted octanol–water partition coefficient (Wildman–Crippen LogP) is 1.80. The lowest BCUT2D eigenvalue weighted by Gasteiger charge is -2.40. The van der Waals surface area contributed by atoms with E-state index in [1.165, 1.54) is 20.5 Å². The van der Waals surface area contributed by atoms with E-state index in [-0.39, 0.29) is 18.1 Å². The maximum Gasteiger partial charge on any atom is 0.282 e. The number of piperazine rings is 1. The zero-order valence-electron chi connectivity index (χ0n) is 19.4. The molecule has 2 atom stereocenters. The Morgan fingerprint density at radius 3 is 2.45 bits per heavy atom. The number of amides is 1. The van der Waals surface area contributed by atoms with Gasteiger partial charge in [0, 0.05) is 57.1 Å². The Bertz CT molecular complexity index is 1000. The fourth-order valence-corrected chi connectivity index (χ4v) is 7.89. The van der Waals surface area contributed by atoms with Crippen LogP contribution in [0.1, 0.15) is 49.1 Å². The summed E-state index contributed by atoms with van der Waals surface area (Å²) in [7, 11) is -3.50. The van der Waals surface area contributed by atoms with E-state index in [1.54, 1.807) is 4.31 Å². The van der Waals surface area contributed by atoms with Gasteiger partial charge >= 0.3 is 0 Å².